The van der Waals surface area contributed by atoms with Crippen molar-refractivity contribution >= 4 is 12.6 Å². The van der Waals surface area contributed by atoms with Crippen LogP contribution in [0, 0.1) is 5.92 Å². The standard InChI is InChI=1S/C13H28S/c1-4-6-7-8-9-10-11-12(3)13(14)5-2/h12-14H,4-11H2,1-3H3. The second-order valence-electron chi connectivity index (χ2n) is 4.51. The Balaban J connectivity index is 3.18. The van der Waals surface area contributed by atoms with Crippen LogP contribution in [0.3, 0.4) is 0 Å². The average Bonchev–Trinajstić information content (AvgIpc) is 2.21. The van der Waals surface area contributed by atoms with Crippen molar-refractivity contribution in [2.24, 2.45) is 5.92 Å². The second kappa shape index (κ2) is 9.89. The first kappa shape index (κ1) is 14.3. The van der Waals surface area contributed by atoms with Gasteiger partial charge in [0.1, 0.15) is 0 Å². The second-order valence-corrected chi connectivity index (χ2v) is 5.17. The highest BCUT2D eigenvalue weighted by atomic mass is 32.1. The van der Waals surface area contributed by atoms with E-state index in [1.807, 2.05) is 0 Å². The number of hydrogen-bond donors (Lipinski definition) is 1. The number of thiol groups is 1. The molecule has 0 aromatic carbocycles. The van der Waals surface area contributed by atoms with Gasteiger partial charge in [-0.25, -0.2) is 0 Å². The zero-order valence-corrected chi connectivity index (χ0v) is 11.2. The molecule has 0 aromatic rings. The van der Waals surface area contributed by atoms with Crippen molar-refractivity contribution in [1.29, 1.82) is 0 Å². The molecule has 86 valence electrons. The van der Waals surface area contributed by atoms with Crippen LogP contribution in [-0.4, -0.2) is 5.25 Å². The maximum atomic E-state index is 4.58. The molecule has 0 saturated carbocycles. The summed E-state index contributed by atoms with van der Waals surface area (Å²) in [6.45, 7) is 6.84. The summed E-state index contributed by atoms with van der Waals surface area (Å²) in [5.41, 5.74) is 0. The first-order chi connectivity index (χ1) is 6.72. The Morgan fingerprint density at radius 1 is 0.929 bits per heavy atom. The highest BCUT2D eigenvalue weighted by Gasteiger charge is 2.09. The van der Waals surface area contributed by atoms with Crippen LogP contribution >= 0.6 is 12.6 Å². The summed E-state index contributed by atoms with van der Waals surface area (Å²) < 4.78 is 0. The summed E-state index contributed by atoms with van der Waals surface area (Å²) in [5, 5.41) is 0.616. The minimum Gasteiger partial charge on any atom is -0.176 e. The topological polar surface area (TPSA) is 0 Å². The van der Waals surface area contributed by atoms with E-state index >= 15 is 0 Å². The lowest BCUT2D eigenvalue weighted by atomic mass is 9.97. The SMILES string of the molecule is CCCCCCCCC(C)C(S)CC. The molecule has 0 rings (SSSR count). The van der Waals surface area contributed by atoms with Crippen molar-refractivity contribution < 1.29 is 0 Å². The molecule has 0 saturated heterocycles. The largest absolute Gasteiger partial charge is 0.176 e. The summed E-state index contributed by atoms with van der Waals surface area (Å²) in [6, 6.07) is 0. The van der Waals surface area contributed by atoms with Crippen LogP contribution in [0.2, 0.25) is 0 Å². The molecule has 0 nitrogen and oxygen atoms in total. The van der Waals surface area contributed by atoms with Crippen LogP contribution in [-0.2, 0) is 0 Å². The first-order valence-corrected chi connectivity index (χ1v) is 6.92. The highest BCUT2D eigenvalue weighted by molar-refractivity contribution is 7.81. The van der Waals surface area contributed by atoms with Crippen molar-refractivity contribution in [3.05, 3.63) is 0 Å². The molecule has 0 radical (unpaired) electrons. The van der Waals surface area contributed by atoms with Crippen molar-refractivity contribution in [2.75, 3.05) is 0 Å². The smallest absolute Gasteiger partial charge is 0.00398 e. The number of rotatable bonds is 9. The quantitative estimate of drug-likeness (QED) is 0.403. The Hall–Kier alpha value is 0.350. The van der Waals surface area contributed by atoms with Crippen LogP contribution in [0.1, 0.15) is 72.1 Å². The molecule has 0 aromatic heterocycles. The summed E-state index contributed by atoms with van der Waals surface area (Å²) in [4.78, 5) is 0. The van der Waals surface area contributed by atoms with Crippen LogP contribution in [0.5, 0.6) is 0 Å². The van der Waals surface area contributed by atoms with Crippen LogP contribution in [0.4, 0.5) is 0 Å². The lowest BCUT2D eigenvalue weighted by Crippen LogP contribution is -2.09. The molecule has 0 bridgehead atoms. The van der Waals surface area contributed by atoms with E-state index in [-0.39, 0.29) is 0 Å². The van der Waals surface area contributed by atoms with Gasteiger partial charge in [0, 0.05) is 5.25 Å². The maximum absolute atomic E-state index is 4.58. The zero-order valence-electron chi connectivity index (χ0n) is 10.3. The molecule has 0 N–H and O–H groups in total. The van der Waals surface area contributed by atoms with E-state index in [1.54, 1.807) is 0 Å². The van der Waals surface area contributed by atoms with Gasteiger partial charge in [-0.2, -0.15) is 12.6 Å². The minimum atomic E-state index is 0.616. The Kier molecular flexibility index (Phi) is 10.1. The predicted octanol–water partition coefficient (Wildman–Crippen LogP) is 5.08. The molecule has 1 heteroatoms. The van der Waals surface area contributed by atoms with Gasteiger partial charge >= 0.3 is 0 Å². The van der Waals surface area contributed by atoms with Crippen LogP contribution < -0.4 is 0 Å². The predicted molar refractivity (Wildman–Crippen MR) is 70.2 cm³/mol. The molecule has 2 unspecified atom stereocenters. The van der Waals surface area contributed by atoms with E-state index in [0.717, 1.165) is 5.92 Å². The highest BCUT2D eigenvalue weighted by Crippen LogP contribution is 2.20. The molecule has 14 heavy (non-hydrogen) atoms. The summed E-state index contributed by atoms with van der Waals surface area (Å²) in [5.74, 6) is 0.800. The fraction of sp³-hybridized carbons (Fsp3) is 1.00. The fourth-order valence-electron chi connectivity index (χ4n) is 1.84. The summed E-state index contributed by atoms with van der Waals surface area (Å²) in [6.07, 6.45) is 11.0. The van der Waals surface area contributed by atoms with Gasteiger partial charge in [0.25, 0.3) is 0 Å². The van der Waals surface area contributed by atoms with Crippen LogP contribution in [0.25, 0.3) is 0 Å². The third-order valence-electron chi connectivity index (χ3n) is 3.09. The Morgan fingerprint density at radius 3 is 2.07 bits per heavy atom. The van der Waals surface area contributed by atoms with Gasteiger partial charge in [0.05, 0.1) is 0 Å². The molecule has 0 heterocycles. The van der Waals surface area contributed by atoms with Gasteiger partial charge in [0.15, 0.2) is 0 Å². The molecule has 0 aliphatic carbocycles. The van der Waals surface area contributed by atoms with Crippen molar-refractivity contribution in [2.45, 2.75) is 77.4 Å². The Labute approximate surface area is 96.3 Å². The van der Waals surface area contributed by atoms with E-state index in [9.17, 15) is 0 Å². The molecular weight excluding hydrogens is 188 g/mol. The fourth-order valence-corrected chi connectivity index (χ4v) is 1.99. The summed E-state index contributed by atoms with van der Waals surface area (Å²) in [7, 11) is 0. The Bertz CT molecular complexity index is 112. The zero-order chi connectivity index (χ0) is 10.8. The average molecular weight is 216 g/mol. The van der Waals surface area contributed by atoms with E-state index in [1.165, 1.54) is 51.4 Å². The van der Waals surface area contributed by atoms with Gasteiger partial charge in [-0.3, -0.25) is 0 Å². The van der Waals surface area contributed by atoms with Crippen LogP contribution in [0.15, 0.2) is 0 Å². The van der Waals surface area contributed by atoms with Crippen molar-refractivity contribution in [3.63, 3.8) is 0 Å². The van der Waals surface area contributed by atoms with Gasteiger partial charge < -0.3 is 0 Å². The molecule has 0 spiro atoms. The normalized spacial score (nSPS) is 15.4. The summed E-state index contributed by atoms with van der Waals surface area (Å²) >= 11 is 4.58. The third-order valence-corrected chi connectivity index (χ3v) is 3.96. The van der Waals surface area contributed by atoms with Crippen molar-refractivity contribution in [1.82, 2.24) is 0 Å². The molecule has 0 aliphatic rings. The first-order valence-electron chi connectivity index (χ1n) is 6.40. The minimum absolute atomic E-state index is 0.616. The van der Waals surface area contributed by atoms with E-state index in [2.05, 4.69) is 33.4 Å². The maximum Gasteiger partial charge on any atom is 0.00398 e. The van der Waals surface area contributed by atoms with E-state index in [0.29, 0.717) is 5.25 Å². The van der Waals surface area contributed by atoms with Gasteiger partial charge in [-0.05, 0) is 18.8 Å². The monoisotopic (exact) mass is 216 g/mol. The number of unbranched alkanes of at least 4 members (excludes halogenated alkanes) is 5. The van der Waals surface area contributed by atoms with Crippen molar-refractivity contribution in [3.8, 4) is 0 Å². The molecule has 0 fully saturated rings. The van der Waals surface area contributed by atoms with E-state index in [4.69, 9.17) is 0 Å². The lowest BCUT2D eigenvalue weighted by molar-refractivity contribution is 0.463. The van der Waals surface area contributed by atoms with Gasteiger partial charge in [0.2, 0.25) is 0 Å². The molecule has 0 aliphatic heterocycles. The van der Waals surface area contributed by atoms with Gasteiger partial charge in [-0.1, -0.05) is 59.3 Å². The molecular formula is C13H28S. The lowest BCUT2D eigenvalue weighted by Gasteiger charge is -2.16. The third kappa shape index (κ3) is 7.73. The molecule has 0 amide bonds. The van der Waals surface area contributed by atoms with E-state index < -0.39 is 0 Å². The van der Waals surface area contributed by atoms with Gasteiger partial charge in [-0.15, -0.1) is 0 Å². The molecule has 2 atom stereocenters. The Morgan fingerprint density at radius 2 is 1.50 bits per heavy atom. The number of hydrogen-bond acceptors (Lipinski definition) is 1.